The lowest BCUT2D eigenvalue weighted by atomic mass is 9.75. The minimum atomic E-state index is 0.753. The van der Waals surface area contributed by atoms with Gasteiger partial charge in [-0.2, -0.15) is 0 Å². The molecule has 2 rings (SSSR count). The van der Waals surface area contributed by atoms with Crippen LogP contribution >= 0.6 is 0 Å². The Hall–Kier alpha value is -0.0800. The van der Waals surface area contributed by atoms with Crippen LogP contribution in [-0.2, 0) is 0 Å². The fraction of sp³-hybridized carbons (Fsp3) is 1.00. The number of hydrogen-bond donors (Lipinski definition) is 1. The Labute approximate surface area is 133 Å². The summed E-state index contributed by atoms with van der Waals surface area (Å²) < 4.78 is 0. The molecule has 0 aromatic heterocycles. The van der Waals surface area contributed by atoms with E-state index in [1.165, 1.54) is 64.3 Å². The van der Waals surface area contributed by atoms with Gasteiger partial charge in [0.25, 0.3) is 0 Å². The molecule has 0 bridgehead atoms. The highest BCUT2D eigenvalue weighted by atomic mass is 15.1. The summed E-state index contributed by atoms with van der Waals surface area (Å²) in [4.78, 5) is 2.70. The summed E-state index contributed by atoms with van der Waals surface area (Å²) in [7, 11) is 4.55. The molecule has 2 nitrogen and oxygen atoms in total. The van der Waals surface area contributed by atoms with Crippen molar-refractivity contribution < 1.29 is 0 Å². The monoisotopic (exact) mass is 294 g/mol. The summed E-state index contributed by atoms with van der Waals surface area (Å²) in [5, 5.41) is 3.61. The number of hydrogen-bond acceptors (Lipinski definition) is 2. The highest BCUT2D eigenvalue weighted by Gasteiger charge is 2.31. The minimum Gasteiger partial charge on any atom is -0.317 e. The second kappa shape index (κ2) is 8.53. The molecule has 0 aromatic rings. The summed E-state index contributed by atoms with van der Waals surface area (Å²) in [5.74, 6) is 2.82. The molecule has 0 spiro atoms. The summed E-state index contributed by atoms with van der Waals surface area (Å²) >= 11 is 0. The molecule has 124 valence electrons. The Kier molecular flexibility index (Phi) is 7.01. The molecule has 0 aromatic carbocycles. The van der Waals surface area contributed by atoms with Gasteiger partial charge in [-0.1, -0.05) is 26.7 Å². The summed E-state index contributed by atoms with van der Waals surface area (Å²) in [6, 6.07) is 1.60. The van der Waals surface area contributed by atoms with Crippen molar-refractivity contribution in [3.8, 4) is 0 Å². The lowest BCUT2D eigenvalue weighted by Crippen LogP contribution is -2.46. The van der Waals surface area contributed by atoms with E-state index in [-0.39, 0.29) is 0 Å². The van der Waals surface area contributed by atoms with Crippen LogP contribution in [0.2, 0.25) is 0 Å². The van der Waals surface area contributed by atoms with Crippen LogP contribution in [0.4, 0.5) is 0 Å². The van der Waals surface area contributed by atoms with Gasteiger partial charge in [-0.25, -0.2) is 0 Å². The molecule has 2 fully saturated rings. The van der Waals surface area contributed by atoms with E-state index in [1.807, 2.05) is 0 Å². The maximum absolute atomic E-state index is 3.61. The van der Waals surface area contributed by atoms with Crippen molar-refractivity contribution in [2.75, 3.05) is 20.6 Å². The van der Waals surface area contributed by atoms with Crippen molar-refractivity contribution in [3.63, 3.8) is 0 Å². The van der Waals surface area contributed by atoms with Gasteiger partial charge >= 0.3 is 0 Å². The van der Waals surface area contributed by atoms with E-state index in [0.717, 1.165) is 29.8 Å². The molecule has 3 atom stereocenters. The molecule has 0 saturated heterocycles. The molecule has 21 heavy (non-hydrogen) atoms. The molecule has 2 aliphatic carbocycles. The molecule has 2 saturated carbocycles. The number of nitrogens with one attached hydrogen (secondary N) is 1. The first-order valence-corrected chi connectivity index (χ1v) is 9.51. The molecule has 1 N–H and O–H groups in total. The van der Waals surface area contributed by atoms with Gasteiger partial charge in [0.2, 0.25) is 0 Å². The number of nitrogens with zero attached hydrogens (tertiary/aromatic N) is 1. The van der Waals surface area contributed by atoms with Crippen molar-refractivity contribution in [2.45, 2.75) is 83.7 Å². The minimum absolute atomic E-state index is 0.753. The van der Waals surface area contributed by atoms with Crippen LogP contribution < -0.4 is 5.32 Å². The van der Waals surface area contributed by atoms with Crippen LogP contribution in [0.5, 0.6) is 0 Å². The van der Waals surface area contributed by atoms with Gasteiger partial charge in [-0.15, -0.1) is 0 Å². The first-order valence-electron chi connectivity index (χ1n) is 9.51. The molecular weight excluding hydrogens is 256 g/mol. The summed E-state index contributed by atoms with van der Waals surface area (Å²) in [6.45, 7) is 6.07. The van der Waals surface area contributed by atoms with E-state index >= 15 is 0 Å². The first kappa shape index (κ1) is 17.3. The van der Waals surface area contributed by atoms with Crippen LogP contribution in [0.3, 0.4) is 0 Å². The van der Waals surface area contributed by atoms with Gasteiger partial charge in [-0.3, -0.25) is 0 Å². The molecule has 0 heterocycles. The molecule has 0 aliphatic heterocycles. The smallest absolute Gasteiger partial charge is 0.0105 e. The molecule has 0 radical (unpaired) electrons. The van der Waals surface area contributed by atoms with Gasteiger partial charge in [0.1, 0.15) is 0 Å². The lowest BCUT2D eigenvalue weighted by molar-refractivity contribution is 0.106. The fourth-order valence-corrected chi connectivity index (χ4v) is 4.82. The van der Waals surface area contributed by atoms with Gasteiger partial charge in [-0.05, 0) is 76.8 Å². The quantitative estimate of drug-likeness (QED) is 0.785. The number of rotatable bonds is 6. The highest BCUT2D eigenvalue weighted by molar-refractivity contribution is 4.87. The van der Waals surface area contributed by atoms with E-state index in [4.69, 9.17) is 0 Å². The zero-order valence-corrected chi connectivity index (χ0v) is 14.9. The molecular formula is C19H38N2. The van der Waals surface area contributed by atoms with E-state index < -0.39 is 0 Å². The largest absolute Gasteiger partial charge is 0.317 e. The summed E-state index contributed by atoms with van der Waals surface area (Å²) in [5.41, 5.74) is 0. The van der Waals surface area contributed by atoms with Gasteiger partial charge in [0.15, 0.2) is 0 Å². The lowest BCUT2D eigenvalue weighted by Gasteiger charge is -2.41. The maximum atomic E-state index is 3.61. The van der Waals surface area contributed by atoms with Gasteiger partial charge in [0.05, 0.1) is 0 Å². The van der Waals surface area contributed by atoms with Crippen molar-refractivity contribution in [2.24, 2.45) is 17.8 Å². The van der Waals surface area contributed by atoms with Crippen molar-refractivity contribution in [1.82, 2.24) is 10.2 Å². The third kappa shape index (κ3) is 4.96. The first-order chi connectivity index (χ1) is 10.1. The second-order valence-electron chi connectivity index (χ2n) is 7.98. The predicted octanol–water partition coefficient (Wildman–Crippen LogP) is 4.30. The van der Waals surface area contributed by atoms with E-state index in [2.05, 4.69) is 38.2 Å². The van der Waals surface area contributed by atoms with Crippen LogP contribution in [0.15, 0.2) is 0 Å². The molecule has 3 unspecified atom stereocenters. The zero-order valence-electron chi connectivity index (χ0n) is 14.9. The Morgan fingerprint density at radius 2 is 1.76 bits per heavy atom. The summed E-state index contributed by atoms with van der Waals surface area (Å²) in [6.07, 6.45) is 12.8. The van der Waals surface area contributed by atoms with E-state index in [1.54, 1.807) is 0 Å². The standard InChI is InChI=1S/C19H38N2/c1-5-6-16-9-12-19(20-3)17(13-16)14-21(4)18-10-7-15(2)8-11-18/h15-20H,5-14H2,1-4H3. The fourth-order valence-electron chi connectivity index (χ4n) is 4.82. The van der Waals surface area contributed by atoms with E-state index in [0.29, 0.717) is 0 Å². The van der Waals surface area contributed by atoms with Crippen LogP contribution in [-0.4, -0.2) is 37.6 Å². The predicted molar refractivity (Wildman–Crippen MR) is 92.6 cm³/mol. The Balaban J connectivity index is 1.85. The van der Waals surface area contributed by atoms with Crippen molar-refractivity contribution in [3.05, 3.63) is 0 Å². The third-order valence-electron chi connectivity index (χ3n) is 6.29. The average Bonchev–Trinajstić information content (AvgIpc) is 2.48. The maximum Gasteiger partial charge on any atom is 0.0105 e. The Morgan fingerprint density at radius 3 is 2.38 bits per heavy atom. The molecule has 0 amide bonds. The van der Waals surface area contributed by atoms with Crippen molar-refractivity contribution in [1.29, 1.82) is 0 Å². The Bertz CT molecular complexity index is 283. The van der Waals surface area contributed by atoms with Crippen LogP contribution in [0.25, 0.3) is 0 Å². The topological polar surface area (TPSA) is 15.3 Å². The SMILES string of the molecule is CCCC1CCC(NC)C(CN(C)C2CCC(C)CC2)C1. The van der Waals surface area contributed by atoms with Gasteiger partial charge in [0, 0.05) is 18.6 Å². The van der Waals surface area contributed by atoms with E-state index in [9.17, 15) is 0 Å². The zero-order chi connectivity index (χ0) is 15.2. The van der Waals surface area contributed by atoms with Gasteiger partial charge < -0.3 is 10.2 Å². The molecule has 2 heteroatoms. The highest BCUT2D eigenvalue weighted by Crippen LogP contribution is 2.34. The van der Waals surface area contributed by atoms with Crippen LogP contribution in [0.1, 0.15) is 71.6 Å². The second-order valence-corrected chi connectivity index (χ2v) is 7.98. The Morgan fingerprint density at radius 1 is 1.05 bits per heavy atom. The van der Waals surface area contributed by atoms with Crippen LogP contribution in [0, 0.1) is 17.8 Å². The normalized spacial score (nSPS) is 37.9. The average molecular weight is 295 g/mol. The third-order valence-corrected chi connectivity index (χ3v) is 6.29. The van der Waals surface area contributed by atoms with Crippen molar-refractivity contribution >= 4 is 0 Å². The molecule has 2 aliphatic rings.